The topological polar surface area (TPSA) is 90.6 Å². The van der Waals surface area contributed by atoms with Crippen molar-refractivity contribution in [1.82, 2.24) is 5.32 Å². The molecule has 0 aliphatic carbocycles. The number of benzene rings is 1. The van der Waals surface area contributed by atoms with E-state index < -0.39 is 11.8 Å². The van der Waals surface area contributed by atoms with Gasteiger partial charge in [0.1, 0.15) is 0 Å². The predicted octanol–water partition coefficient (Wildman–Crippen LogP) is 0.628. The van der Waals surface area contributed by atoms with Crippen LogP contribution < -0.4 is 20.5 Å². The maximum absolute atomic E-state index is 11.0. The molecule has 0 fully saturated rings. The monoisotopic (exact) mass is 280 g/mol. The van der Waals surface area contributed by atoms with Crippen LogP contribution in [-0.2, 0) is 16.0 Å². The Kier molecular flexibility index (Phi) is 6.36. The Morgan fingerprint density at radius 2 is 1.80 bits per heavy atom. The Hall–Kier alpha value is -2.24. The highest BCUT2D eigenvalue weighted by Crippen LogP contribution is 2.28. The van der Waals surface area contributed by atoms with E-state index in [-0.39, 0.29) is 0 Å². The number of carbonyl (C=O) groups is 2. The van der Waals surface area contributed by atoms with Crippen molar-refractivity contribution in [1.29, 1.82) is 0 Å². The molecule has 6 nitrogen and oxygen atoms in total. The zero-order valence-corrected chi connectivity index (χ0v) is 11.8. The van der Waals surface area contributed by atoms with Crippen molar-refractivity contribution in [2.45, 2.75) is 20.3 Å². The number of hydrogen-bond acceptors (Lipinski definition) is 4. The molecule has 0 spiro atoms. The van der Waals surface area contributed by atoms with E-state index in [0.717, 1.165) is 5.56 Å². The van der Waals surface area contributed by atoms with E-state index in [0.29, 0.717) is 37.7 Å². The minimum atomic E-state index is -0.980. The molecule has 6 heteroatoms. The van der Waals surface area contributed by atoms with Crippen LogP contribution in [0.3, 0.4) is 0 Å². The minimum Gasteiger partial charge on any atom is -0.490 e. The van der Waals surface area contributed by atoms with Crippen molar-refractivity contribution in [2.75, 3.05) is 19.8 Å². The summed E-state index contributed by atoms with van der Waals surface area (Å²) in [6.07, 6.45) is 0.575. The molecule has 0 bridgehead atoms. The number of hydrogen-bond donors (Lipinski definition) is 2. The highest BCUT2D eigenvalue weighted by Gasteiger charge is 2.09. The van der Waals surface area contributed by atoms with Crippen LogP contribution >= 0.6 is 0 Å². The Bertz CT molecular complexity index is 474. The largest absolute Gasteiger partial charge is 0.490 e. The van der Waals surface area contributed by atoms with E-state index in [9.17, 15) is 9.59 Å². The quantitative estimate of drug-likeness (QED) is 0.717. The molecule has 2 amide bonds. The van der Waals surface area contributed by atoms with Gasteiger partial charge in [0, 0.05) is 6.54 Å². The Labute approximate surface area is 118 Å². The number of nitrogens with one attached hydrogen (secondary N) is 1. The molecule has 110 valence electrons. The van der Waals surface area contributed by atoms with Crippen LogP contribution in [0.1, 0.15) is 19.4 Å². The van der Waals surface area contributed by atoms with Gasteiger partial charge in [0.25, 0.3) is 0 Å². The summed E-state index contributed by atoms with van der Waals surface area (Å²) >= 11 is 0. The van der Waals surface area contributed by atoms with Gasteiger partial charge in [-0.3, -0.25) is 9.59 Å². The van der Waals surface area contributed by atoms with Crippen LogP contribution in [-0.4, -0.2) is 31.6 Å². The van der Waals surface area contributed by atoms with E-state index in [1.54, 1.807) is 0 Å². The van der Waals surface area contributed by atoms with E-state index in [1.807, 2.05) is 32.0 Å². The molecule has 0 radical (unpaired) electrons. The summed E-state index contributed by atoms with van der Waals surface area (Å²) in [4.78, 5) is 21.6. The summed E-state index contributed by atoms with van der Waals surface area (Å²) in [6.45, 7) is 5.25. The highest BCUT2D eigenvalue weighted by atomic mass is 16.5. The Morgan fingerprint density at radius 3 is 2.40 bits per heavy atom. The first-order chi connectivity index (χ1) is 9.58. The standard InChI is InChI=1S/C14H20N2O4/c1-3-19-11-6-5-10(9-12(11)20-4-2)7-8-16-14(18)13(15)17/h5-6,9H,3-4,7-8H2,1-2H3,(H2,15,17)(H,16,18). The summed E-state index contributed by atoms with van der Waals surface area (Å²) < 4.78 is 11.0. The van der Waals surface area contributed by atoms with Crippen LogP contribution in [0.2, 0.25) is 0 Å². The van der Waals surface area contributed by atoms with Crippen molar-refractivity contribution in [3.8, 4) is 11.5 Å². The zero-order chi connectivity index (χ0) is 15.0. The molecule has 1 aromatic rings. The van der Waals surface area contributed by atoms with Gasteiger partial charge in [-0.15, -0.1) is 0 Å². The molecule has 0 atom stereocenters. The molecule has 0 aliphatic heterocycles. The maximum atomic E-state index is 11.0. The van der Waals surface area contributed by atoms with Crippen LogP contribution in [0.4, 0.5) is 0 Å². The summed E-state index contributed by atoms with van der Waals surface area (Å²) in [5.74, 6) is -0.389. The molecule has 0 aromatic heterocycles. The molecule has 0 aliphatic rings. The first-order valence-corrected chi connectivity index (χ1v) is 6.54. The molecule has 20 heavy (non-hydrogen) atoms. The smallest absolute Gasteiger partial charge is 0.309 e. The van der Waals surface area contributed by atoms with Gasteiger partial charge in [-0.05, 0) is 38.0 Å². The fraction of sp³-hybridized carbons (Fsp3) is 0.429. The number of amides is 2. The third-order valence-electron chi connectivity index (χ3n) is 2.53. The molecule has 0 saturated heterocycles. The van der Waals surface area contributed by atoms with Crippen molar-refractivity contribution < 1.29 is 19.1 Å². The highest BCUT2D eigenvalue weighted by molar-refractivity contribution is 6.34. The second kappa shape index (κ2) is 8.04. The normalized spacial score (nSPS) is 9.90. The zero-order valence-electron chi connectivity index (χ0n) is 11.8. The lowest BCUT2D eigenvalue weighted by atomic mass is 10.1. The van der Waals surface area contributed by atoms with Gasteiger partial charge in [-0.25, -0.2) is 0 Å². The first kappa shape index (κ1) is 15.8. The van der Waals surface area contributed by atoms with Crippen LogP contribution in [0.15, 0.2) is 18.2 Å². The Morgan fingerprint density at radius 1 is 1.15 bits per heavy atom. The summed E-state index contributed by atoms with van der Waals surface area (Å²) in [7, 11) is 0. The molecule has 0 unspecified atom stereocenters. The van der Waals surface area contributed by atoms with Gasteiger partial charge in [0.15, 0.2) is 11.5 Å². The lowest BCUT2D eigenvalue weighted by Crippen LogP contribution is -2.37. The number of carbonyl (C=O) groups excluding carboxylic acids is 2. The number of ether oxygens (including phenoxy) is 2. The van der Waals surface area contributed by atoms with E-state index in [1.165, 1.54) is 0 Å². The molecule has 3 N–H and O–H groups in total. The molecule has 0 heterocycles. The minimum absolute atomic E-state index is 0.335. The fourth-order valence-electron chi connectivity index (χ4n) is 1.66. The predicted molar refractivity (Wildman–Crippen MR) is 74.7 cm³/mol. The van der Waals surface area contributed by atoms with Crippen molar-refractivity contribution in [2.24, 2.45) is 5.73 Å². The third kappa shape index (κ3) is 4.79. The lowest BCUT2D eigenvalue weighted by molar-refractivity contribution is -0.137. The number of rotatable bonds is 7. The summed E-state index contributed by atoms with van der Waals surface area (Å²) in [5.41, 5.74) is 5.82. The van der Waals surface area contributed by atoms with Gasteiger partial charge < -0.3 is 20.5 Å². The Balaban J connectivity index is 2.64. The number of nitrogens with two attached hydrogens (primary N) is 1. The van der Waals surface area contributed by atoms with Crippen molar-refractivity contribution in [3.05, 3.63) is 23.8 Å². The average Bonchev–Trinajstić information content (AvgIpc) is 2.41. The average molecular weight is 280 g/mol. The second-order valence-corrected chi connectivity index (χ2v) is 4.02. The molecule has 1 rings (SSSR count). The van der Waals surface area contributed by atoms with E-state index >= 15 is 0 Å². The van der Waals surface area contributed by atoms with E-state index in [2.05, 4.69) is 5.32 Å². The van der Waals surface area contributed by atoms with Gasteiger partial charge in [0.05, 0.1) is 13.2 Å². The summed E-state index contributed by atoms with van der Waals surface area (Å²) in [5, 5.41) is 2.44. The molecule has 1 aromatic carbocycles. The second-order valence-electron chi connectivity index (χ2n) is 4.02. The summed E-state index contributed by atoms with van der Waals surface area (Å²) in [6, 6.07) is 5.59. The lowest BCUT2D eigenvalue weighted by Gasteiger charge is -2.12. The third-order valence-corrected chi connectivity index (χ3v) is 2.53. The number of primary amides is 1. The van der Waals surface area contributed by atoms with Gasteiger partial charge in [-0.2, -0.15) is 0 Å². The molecular formula is C14H20N2O4. The molecular weight excluding hydrogens is 260 g/mol. The van der Waals surface area contributed by atoms with Crippen LogP contribution in [0, 0.1) is 0 Å². The fourth-order valence-corrected chi connectivity index (χ4v) is 1.66. The SMILES string of the molecule is CCOc1ccc(CCNC(=O)C(N)=O)cc1OCC. The molecule has 0 saturated carbocycles. The van der Waals surface area contributed by atoms with E-state index in [4.69, 9.17) is 15.2 Å². The van der Waals surface area contributed by atoms with Crippen LogP contribution in [0.25, 0.3) is 0 Å². The van der Waals surface area contributed by atoms with Crippen LogP contribution in [0.5, 0.6) is 11.5 Å². The first-order valence-electron chi connectivity index (χ1n) is 6.54. The maximum Gasteiger partial charge on any atom is 0.309 e. The van der Waals surface area contributed by atoms with Crippen molar-refractivity contribution >= 4 is 11.8 Å². The van der Waals surface area contributed by atoms with Gasteiger partial charge in [0.2, 0.25) is 0 Å². The van der Waals surface area contributed by atoms with Gasteiger partial charge in [-0.1, -0.05) is 6.07 Å². The van der Waals surface area contributed by atoms with Gasteiger partial charge >= 0.3 is 11.8 Å². The van der Waals surface area contributed by atoms with Crippen molar-refractivity contribution in [3.63, 3.8) is 0 Å².